The van der Waals surface area contributed by atoms with Crippen LogP contribution in [0.25, 0.3) is 11.1 Å². The largest absolute Gasteiger partial charge is 0.245 e. The van der Waals surface area contributed by atoms with Gasteiger partial charge >= 0.3 is 0 Å². The lowest BCUT2D eigenvalue weighted by molar-refractivity contribution is 1.05. The molecule has 92 valence electrons. The minimum atomic E-state index is 0.291. The molecular formula is C15H11N3S. The number of rotatable bonds is 3. The molecule has 0 radical (unpaired) electrons. The second-order valence-electron chi connectivity index (χ2n) is 3.92. The summed E-state index contributed by atoms with van der Waals surface area (Å²) in [5, 5.41) is 18.7. The van der Waals surface area contributed by atoms with Gasteiger partial charge in [0, 0.05) is 11.3 Å². The zero-order chi connectivity index (χ0) is 13.7. The van der Waals surface area contributed by atoms with Crippen LogP contribution in [0.5, 0.6) is 0 Å². The fraction of sp³-hybridized carbons (Fsp3) is 0.133. The molecule has 0 aliphatic carbocycles. The lowest BCUT2D eigenvalue weighted by Gasteiger charge is -2.09. The Labute approximate surface area is 116 Å². The number of aromatic nitrogens is 1. The van der Waals surface area contributed by atoms with Crippen LogP contribution in [0.15, 0.2) is 41.4 Å². The zero-order valence-electron chi connectivity index (χ0n) is 10.4. The Hall–Kier alpha value is -2.30. The summed E-state index contributed by atoms with van der Waals surface area (Å²) in [5.74, 6) is 0.291. The fourth-order valence-corrected chi connectivity index (χ4v) is 2.51. The second kappa shape index (κ2) is 6.04. The van der Waals surface area contributed by atoms with Crippen molar-refractivity contribution in [3.05, 3.63) is 47.7 Å². The van der Waals surface area contributed by atoms with Gasteiger partial charge in [-0.05, 0) is 18.6 Å². The van der Waals surface area contributed by atoms with Crippen LogP contribution < -0.4 is 0 Å². The molecule has 0 aliphatic heterocycles. The van der Waals surface area contributed by atoms with Gasteiger partial charge in [0.15, 0.2) is 0 Å². The van der Waals surface area contributed by atoms with Crippen LogP contribution in [-0.4, -0.2) is 10.7 Å². The highest BCUT2D eigenvalue weighted by Crippen LogP contribution is 2.30. The van der Waals surface area contributed by atoms with Gasteiger partial charge in [0.1, 0.15) is 11.1 Å². The molecule has 1 heterocycles. The van der Waals surface area contributed by atoms with Crippen LogP contribution in [0.2, 0.25) is 0 Å². The lowest BCUT2D eigenvalue weighted by atomic mass is 10.0. The van der Waals surface area contributed by atoms with Gasteiger partial charge in [0.2, 0.25) is 0 Å². The van der Waals surface area contributed by atoms with E-state index in [0.717, 1.165) is 16.8 Å². The number of benzene rings is 1. The van der Waals surface area contributed by atoms with Crippen molar-refractivity contribution in [3.8, 4) is 23.3 Å². The van der Waals surface area contributed by atoms with Crippen LogP contribution in [-0.2, 0) is 0 Å². The Morgan fingerprint density at radius 1 is 1.21 bits per heavy atom. The van der Waals surface area contributed by atoms with Crippen molar-refractivity contribution in [1.82, 2.24) is 4.98 Å². The predicted molar refractivity (Wildman–Crippen MR) is 75.5 cm³/mol. The summed E-state index contributed by atoms with van der Waals surface area (Å²) >= 11 is 1.30. The smallest absolute Gasteiger partial charge is 0.116 e. The number of pyridine rings is 1. The van der Waals surface area contributed by atoms with E-state index >= 15 is 0 Å². The first-order valence-corrected chi connectivity index (χ1v) is 6.71. The van der Waals surface area contributed by atoms with Gasteiger partial charge in [-0.1, -0.05) is 42.1 Å². The Kier molecular flexibility index (Phi) is 4.18. The molecule has 0 aliphatic rings. The minimum Gasteiger partial charge on any atom is -0.245 e. The maximum absolute atomic E-state index is 9.36. The number of nitriles is 2. The van der Waals surface area contributed by atoms with E-state index in [0.29, 0.717) is 16.3 Å². The molecule has 4 heteroatoms. The molecule has 0 unspecified atom stereocenters. The first-order chi connectivity index (χ1) is 9.26. The average Bonchev–Trinajstić information content (AvgIpc) is 2.45. The zero-order valence-corrected chi connectivity index (χ0v) is 11.2. The fourth-order valence-electron chi connectivity index (χ4n) is 1.80. The van der Waals surface area contributed by atoms with Crippen LogP contribution in [0.3, 0.4) is 0 Å². The third-order valence-corrected chi connectivity index (χ3v) is 3.43. The molecule has 0 atom stereocenters. The van der Waals surface area contributed by atoms with Crippen molar-refractivity contribution in [2.24, 2.45) is 0 Å². The summed E-state index contributed by atoms with van der Waals surface area (Å²) in [4.78, 5) is 4.36. The first-order valence-electron chi connectivity index (χ1n) is 5.73. The van der Waals surface area contributed by atoms with E-state index < -0.39 is 0 Å². The van der Waals surface area contributed by atoms with Crippen molar-refractivity contribution in [2.45, 2.75) is 11.9 Å². The summed E-state index contributed by atoms with van der Waals surface area (Å²) in [6, 6.07) is 15.9. The summed E-state index contributed by atoms with van der Waals surface area (Å²) in [5.41, 5.74) is 3.25. The Morgan fingerprint density at radius 3 is 2.58 bits per heavy atom. The molecule has 0 fully saturated rings. The second-order valence-corrected chi connectivity index (χ2v) is 4.88. The molecule has 0 saturated carbocycles. The number of hydrogen-bond donors (Lipinski definition) is 0. The molecule has 1 aromatic heterocycles. The molecule has 2 rings (SSSR count). The molecular weight excluding hydrogens is 254 g/mol. The van der Waals surface area contributed by atoms with E-state index in [-0.39, 0.29) is 0 Å². The molecule has 0 bridgehead atoms. The van der Waals surface area contributed by atoms with E-state index in [1.807, 2.05) is 43.3 Å². The molecule has 1 aromatic carbocycles. The van der Waals surface area contributed by atoms with Gasteiger partial charge in [-0.25, -0.2) is 4.98 Å². The predicted octanol–water partition coefficient (Wildman–Crippen LogP) is 3.54. The first kappa shape index (κ1) is 13.1. The number of hydrogen-bond acceptors (Lipinski definition) is 4. The van der Waals surface area contributed by atoms with Crippen LogP contribution in [0.1, 0.15) is 11.3 Å². The number of nitrogens with zero attached hydrogens (tertiary/aromatic N) is 3. The van der Waals surface area contributed by atoms with E-state index in [1.165, 1.54) is 11.8 Å². The van der Waals surface area contributed by atoms with Gasteiger partial charge in [-0.3, -0.25) is 0 Å². The van der Waals surface area contributed by atoms with Gasteiger partial charge in [-0.2, -0.15) is 10.5 Å². The molecule has 3 nitrogen and oxygen atoms in total. The standard InChI is InChI=1S/C15H11N3S/c1-11-9-13(12-5-3-2-4-6-12)14(10-17)15(18-11)19-8-7-16/h2-6,9H,8H2,1H3. The average molecular weight is 265 g/mol. The Bertz CT molecular complexity index is 666. The molecule has 19 heavy (non-hydrogen) atoms. The van der Waals surface area contributed by atoms with E-state index in [9.17, 15) is 5.26 Å². The van der Waals surface area contributed by atoms with Crippen LogP contribution in [0, 0.1) is 29.6 Å². The highest BCUT2D eigenvalue weighted by molar-refractivity contribution is 7.99. The SMILES string of the molecule is Cc1cc(-c2ccccc2)c(C#N)c(SCC#N)n1. The lowest BCUT2D eigenvalue weighted by Crippen LogP contribution is -1.95. The van der Waals surface area contributed by atoms with Crippen LogP contribution in [0.4, 0.5) is 0 Å². The molecule has 2 aromatic rings. The van der Waals surface area contributed by atoms with Gasteiger partial charge in [0.05, 0.1) is 17.4 Å². The topological polar surface area (TPSA) is 60.5 Å². The number of thioether (sulfide) groups is 1. The van der Waals surface area contributed by atoms with Crippen molar-refractivity contribution in [3.63, 3.8) is 0 Å². The third-order valence-electron chi connectivity index (χ3n) is 2.58. The van der Waals surface area contributed by atoms with Crippen molar-refractivity contribution < 1.29 is 0 Å². The molecule has 0 N–H and O–H groups in total. The molecule has 0 spiro atoms. The van der Waals surface area contributed by atoms with Crippen molar-refractivity contribution >= 4 is 11.8 Å². The van der Waals surface area contributed by atoms with E-state index in [1.54, 1.807) is 0 Å². The highest BCUT2D eigenvalue weighted by Gasteiger charge is 2.13. The summed E-state index contributed by atoms with van der Waals surface area (Å²) in [7, 11) is 0. The Balaban J connectivity index is 2.59. The number of aryl methyl sites for hydroxylation is 1. The van der Waals surface area contributed by atoms with Gasteiger partial charge < -0.3 is 0 Å². The highest BCUT2D eigenvalue weighted by atomic mass is 32.2. The quantitative estimate of drug-likeness (QED) is 0.796. The minimum absolute atomic E-state index is 0.291. The van der Waals surface area contributed by atoms with Crippen molar-refractivity contribution in [1.29, 1.82) is 10.5 Å². The molecule has 0 saturated heterocycles. The molecule has 0 amide bonds. The van der Waals surface area contributed by atoms with Gasteiger partial charge in [0.25, 0.3) is 0 Å². The Morgan fingerprint density at radius 2 is 1.95 bits per heavy atom. The normalized spacial score (nSPS) is 9.63. The third kappa shape index (κ3) is 2.93. The maximum atomic E-state index is 9.36. The monoisotopic (exact) mass is 265 g/mol. The maximum Gasteiger partial charge on any atom is 0.116 e. The summed E-state index contributed by atoms with van der Waals surface area (Å²) < 4.78 is 0. The van der Waals surface area contributed by atoms with Crippen molar-refractivity contribution in [2.75, 3.05) is 5.75 Å². The van der Waals surface area contributed by atoms with Crippen LogP contribution >= 0.6 is 11.8 Å². The summed E-state index contributed by atoms with van der Waals surface area (Å²) in [6.07, 6.45) is 0. The van der Waals surface area contributed by atoms with E-state index in [4.69, 9.17) is 5.26 Å². The van der Waals surface area contributed by atoms with Gasteiger partial charge in [-0.15, -0.1) is 0 Å². The summed E-state index contributed by atoms with van der Waals surface area (Å²) in [6.45, 7) is 1.89. The van der Waals surface area contributed by atoms with E-state index in [2.05, 4.69) is 17.1 Å².